The van der Waals surface area contributed by atoms with Gasteiger partial charge in [-0.1, -0.05) is 36.4 Å². The van der Waals surface area contributed by atoms with Crippen molar-refractivity contribution >= 4 is 23.6 Å². The zero-order chi connectivity index (χ0) is 26.3. The van der Waals surface area contributed by atoms with E-state index in [0.29, 0.717) is 30.9 Å². The van der Waals surface area contributed by atoms with Crippen LogP contribution in [0.3, 0.4) is 0 Å². The van der Waals surface area contributed by atoms with Crippen molar-refractivity contribution in [3.8, 4) is 5.75 Å². The highest BCUT2D eigenvalue weighted by Gasteiger charge is 2.31. The first-order valence-electron chi connectivity index (χ1n) is 12.4. The van der Waals surface area contributed by atoms with Crippen molar-refractivity contribution in [3.05, 3.63) is 59.7 Å². The zero-order valence-electron chi connectivity index (χ0n) is 21.8. The van der Waals surface area contributed by atoms with E-state index in [-0.39, 0.29) is 5.91 Å². The molecule has 0 aromatic heterocycles. The minimum absolute atomic E-state index is 0.296. The molecule has 0 saturated heterocycles. The molecular weight excluding hydrogens is 458 g/mol. The molecule has 3 rings (SSSR count). The lowest BCUT2D eigenvalue weighted by Gasteiger charge is -2.29. The summed E-state index contributed by atoms with van der Waals surface area (Å²) in [5.41, 5.74) is 2.28. The molecule has 0 radical (unpaired) electrons. The number of hydrogen-bond donors (Lipinski definition) is 2. The van der Waals surface area contributed by atoms with Crippen LogP contribution in [-0.4, -0.2) is 54.1 Å². The van der Waals surface area contributed by atoms with Crippen LogP contribution in [0.4, 0.5) is 10.5 Å². The van der Waals surface area contributed by atoms with Crippen LogP contribution >= 0.6 is 0 Å². The van der Waals surface area contributed by atoms with E-state index < -0.39 is 29.7 Å². The molecule has 8 heteroatoms. The fraction of sp³-hybridized carbons (Fsp3) is 0.464. The van der Waals surface area contributed by atoms with Gasteiger partial charge in [-0.25, -0.2) is 4.79 Å². The number of benzene rings is 2. The number of hydrogen-bond acceptors (Lipinski definition) is 5. The standard InChI is InChI=1S/C28H37N3O5/c1-19(31(5)27(34)36-28(2,3)4)25(32)29-23-16-14-21-13-15-22(18-24(21)30-26(23)33)35-17-9-12-20-10-7-6-8-11-20/h6-8,10-11,13,15,18-19,23H,9,12,14,16-17H2,1-5H3,(H,29,32)(H,30,33)/t19-,23-/m0/s1. The number of rotatable bonds is 8. The fourth-order valence-electron chi connectivity index (χ4n) is 3.84. The molecule has 0 unspecified atom stereocenters. The fourth-order valence-corrected chi connectivity index (χ4v) is 3.84. The van der Waals surface area contributed by atoms with E-state index in [1.165, 1.54) is 17.5 Å². The molecular formula is C28H37N3O5. The van der Waals surface area contributed by atoms with Crippen LogP contribution in [-0.2, 0) is 27.2 Å². The Balaban J connectivity index is 1.53. The van der Waals surface area contributed by atoms with Crippen LogP contribution in [0.15, 0.2) is 48.5 Å². The molecule has 1 aliphatic rings. The Bertz CT molecular complexity index is 1060. The maximum Gasteiger partial charge on any atom is 0.410 e. The van der Waals surface area contributed by atoms with Gasteiger partial charge in [-0.05, 0) is 70.6 Å². The average Bonchev–Trinajstić information content (AvgIpc) is 2.98. The molecule has 8 nitrogen and oxygen atoms in total. The molecule has 36 heavy (non-hydrogen) atoms. The van der Waals surface area contributed by atoms with Crippen molar-refractivity contribution < 1.29 is 23.9 Å². The number of ether oxygens (including phenoxy) is 2. The molecule has 1 aliphatic heterocycles. The van der Waals surface area contributed by atoms with Gasteiger partial charge in [-0.2, -0.15) is 0 Å². The molecule has 0 saturated carbocycles. The average molecular weight is 496 g/mol. The number of aryl methyl sites for hydroxylation is 2. The lowest BCUT2D eigenvalue weighted by Crippen LogP contribution is -2.52. The monoisotopic (exact) mass is 495 g/mol. The summed E-state index contributed by atoms with van der Waals surface area (Å²) in [6, 6.07) is 14.4. The molecule has 0 aliphatic carbocycles. The smallest absolute Gasteiger partial charge is 0.410 e. The lowest BCUT2D eigenvalue weighted by molar-refractivity contribution is -0.129. The van der Waals surface area contributed by atoms with E-state index in [1.54, 1.807) is 27.7 Å². The van der Waals surface area contributed by atoms with Crippen LogP contribution in [0.25, 0.3) is 0 Å². The van der Waals surface area contributed by atoms with Gasteiger partial charge >= 0.3 is 6.09 Å². The van der Waals surface area contributed by atoms with Gasteiger partial charge in [0.2, 0.25) is 11.8 Å². The van der Waals surface area contributed by atoms with Gasteiger partial charge in [0.25, 0.3) is 0 Å². The van der Waals surface area contributed by atoms with Gasteiger partial charge in [0.15, 0.2) is 0 Å². The van der Waals surface area contributed by atoms with Crippen LogP contribution in [0.2, 0.25) is 0 Å². The number of nitrogens with one attached hydrogen (secondary N) is 2. The van der Waals surface area contributed by atoms with E-state index in [0.717, 1.165) is 18.4 Å². The van der Waals surface area contributed by atoms with Crippen LogP contribution < -0.4 is 15.4 Å². The van der Waals surface area contributed by atoms with Crippen LogP contribution in [0.5, 0.6) is 5.75 Å². The molecule has 1 heterocycles. The van der Waals surface area contributed by atoms with E-state index in [2.05, 4.69) is 22.8 Å². The Kier molecular flexibility index (Phi) is 8.96. The third-order valence-electron chi connectivity index (χ3n) is 6.04. The number of likely N-dealkylation sites (N-methyl/N-ethyl adjacent to an activating group) is 1. The summed E-state index contributed by atoms with van der Waals surface area (Å²) in [6.45, 7) is 7.46. The summed E-state index contributed by atoms with van der Waals surface area (Å²) in [5.74, 6) is -0.0236. The number of amides is 3. The first kappa shape index (κ1) is 27.0. The summed E-state index contributed by atoms with van der Waals surface area (Å²) in [6.07, 6.45) is 2.29. The van der Waals surface area contributed by atoms with E-state index in [9.17, 15) is 14.4 Å². The zero-order valence-corrected chi connectivity index (χ0v) is 21.8. The second-order valence-electron chi connectivity index (χ2n) is 10.1. The normalized spacial score (nSPS) is 16.1. The first-order chi connectivity index (χ1) is 17.0. The SMILES string of the molecule is C[C@@H](C(=O)N[C@H]1CCc2ccc(OCCCc3ccccc3)cc2NC1=O)N(C)C(=O)OC(C)(C)C. The van der Waals surface area contributed by atoms with Gasteiger partial charge in [-0.15, -0.1) is 0 Å². The maximum atomic E-state index is 12.9. The topological polar surface area (TPSA) is 97.0 Å². The van der Waals surface area contributed by atoms with Gasteiger partial charge in [0.1, 0.15) is 23.4 Å². The van der Waals surface area contributed by atoms with E-state index >= 15 is 0 Å². The third-order valence-corrected chi connectivity index (χ3v) is 6.04. The van der Waals surface area contributed by atoms with Gasteiger partial charge in [-0.3, -0.25) is 14.5 Å². The van der Waals surface area contributed by atoms with Crippen molar-refractivity contribution in [1.29, 1.82) is 0 Å². The number of fused-ring (bicyclic) bond motifs is 1. The van der Waals surface area contributed by atoms with E-state index in [4.69, 9.17) is 9.47 Å². The van der Waals surface area contributed by atoms with Crippen molar-refractivity contribution in [1.82, 2.24) is 10.2 Å². The summed E-state index contributed by atoms with van der Waals surface area (Å²) in [7, 11) is 1.50. The Hall–Kier alpha value is -3.55. The minimum atomic E-state index is -0.797. The maximum absolute atomic E-state index is 12.9. The lowest BCUT2D eigenvalue weighted by atomic mass is 10.1. The molecule has 2 aromatic carbocycles. The number of anilines is 1. The van der Waals surface area contributed by atoms with Crippen molar-refractivity contribution in [2.45, 2.75) is 71.1 Å². The highest BCUT2D eigenvalue weighted by atomic mass is 16.6. The van der Waals surface area contributed by atoms with Gasteiger partial charge < -0.3 is 20.1 Å². The van der Waals surface area contributed by atoms with Gasteiger partial charge in [0.05, 0.1) is 6.61 Å². The largest absolute Gasteiger partial charge is 0.494 e. The Labute approximate surface area is 213 Å². The first-order valence-corrected chi connectivity index (χ1v) is 12.4. The molecule has 2 N–H and O–H groups in total. The van der Waals surface area contributed by atoms with Crippen molar-refractivity contribution in [2.24, 2.45) is 0 Å². The summed E-state index contributed by atoms with van der Waals surface area (Å²) >= 11 is 0. The molecule has 3 amide bonds. The predicted octanol–water partition coefficient (Wildman–Crippen LogP) is 4.32. The van der Waals surface area contributed by atoms with E-state index in [1.807, 2.05) is 36.4 Å². The molecule has 0 bridgehead atoms. The number of carbonyl (C=O) groups excluding carboxylic acids is 3. The van der Waals surface area contributed by atoms with Crippen LogP contribution in [0, 0.1) is 0 Å². The second-order valence-corrected chi connectivity index (χ2v) is 10.1. The Morgan fingerprint density at radius 2 is 1.89 bits per heavy atom. The minimum Gasteiger partial charge on any atom is -0.494 e. The highest BCUT2D eigenvalue weighted by Crippen LogP contribution is 2.27. The highest BCUT2D eigenvalue weighted by molar-refractivity contribution is 5.99. The predicted molar refractivity (Wildman–Crippen MR) is 139 cm³/mol. The molecule has 0 spiro atoms. The van der Waals surface area contributed by atoms with Gasteiger partial charge in [0, 0.05) is 18.8 Å². The molecule has 2 aromatic rings. The summed E-state index contributed by atoms with van der Waals surface area (Å²) < 4.78 is 11.2. The number of carbonyl (C=O) groups is 3. The van der Waals surface area contributed by atoms with Crippen molar-refractivity contribution in [2.75, 3.05) is 19.0 Å². The molecule has 194 valence electrons. The quantitative estimate of drug-likeness (QED) is 0.532. The Morgan fingerprint density at radius 1 is 1.17 bits per heavy atom. The molecule has 2 atom stereocenters. The third kappa shape index (κ3) is 7.73. The summed E-state index contributed by atoms with van der Waals surface area (Å²) in [4.78, 5) is 39.2. The summed E-state index contributed by atoms with van der Waals surface area (Å²) in [5, 5.41) is 5.70. The second kappa shape index (κ2) is 11.9. The van der Waals surface area contributed by atoms with Crippen molar-refractivity contribution in [3.63, 3.8) is 0 Å². The van der Waals surface area contributed by atoms with Crippen LogP contribution in [0.1, 0.15) is 51.7 Å². The molecule has 0 fully saturated rings. The Morgan fingerprint density at radius 3 is 2.58 bits per heavy atom. The number of nitrogens with zero attached hydrogens (tertiary/aromatic N) is 1.